The maximum atomic E-state index is 13.3. The number of hydrogen-bond donors (Lipinski definition) is 1. The van der Waals surface area contributed by atoms with E-state index in [1.165, 1.54) is 11.0 Å². The second-order valence-corrected chi connectivity index (χ2v) is 8.24. The molecule has 0 aliphatic carbocycles. The molecule has 0 spiro atoms. The first-order valence-electron chi connectivity index (χ1n) is 9.72. The maximum Gasteiger partial charge on any atom is 0.264 e. The standard InChI is InChI=1S/C25H19Cl2NO3/c26-19-12-11-18(22(27)14-19)16-28-23-9-5-4-8-21(23)25(31,24(28)30)15-20(29)13-10-17-6-2-1-3-7-17/h1-14,31H,15-16H2/b13-10+. The molecule has 0 radical (unpaired) electrons. The number of halogens is 2. The number of aliphatic hydroxyl groups is 1. The molecule has 1 N–H and O–H groups in total. The molecular formula is C25H19Cl2NO3. The summed E-state index contributed by atoms with van der Waals surface area (Å²) in [4.78, 5) is 27.4. The lowest BCUT2D eigenvalue weighted by molar-refractivity contribution is -0.140. The van der Waals surface area contributed by atoms with Gasteiger partial charge >= 0.3 is 0 Å². The molecule has 4 rings (SSSR count). The zero-order chi connectivity index (χ0) is 22.0. The molecule has 31 heavy (non-hydrogen) atoms. The number of allylic oxidation sites excluding steroid dienone is 1. The molecule has 0 saturated carbocycles. The molecule has 3 aromatic rings. The molecule has 1 heterocycles. The van der Waals surface area contributed by atoms with Crippen molar-refractivity contribution in [1.29, 1.82) is 0 Å². The predicted molar refractivity (Wildman–Crippen MR) is 123 cm³/mol. The Morgan fingerprint density at radius 3 is 2.45 bits per heavy atom. The number of amides is 1. The first kappa shape index (κ1) is 21.3. The van der Waals surface area contributed by atoms with Crippen molar-refractivity contribution in [2.75, 3.05) is 4.90 Å². The van der Waals surface area contributed by atoms with Crippen molar-refractivity contribution in [1.82, 2.24) is 0 Å². The van der Waals surface area contributed by atoms with Crippen molar-refractivity contribution < 1.29 is 14.7 Å². The lowest BCUT2D eigenvalue weighted by Gasteiger charge is -2.22. The van der Waals surface area contributed by atoms with Gasteiger partial charge in [-0.25, -0.2) is 0 Å². The molecule has 1 amide bonds. The van der Waals surface area contributed by atoms with Gasteiger partial charge in [-0.05, 0) is 35.4 Å². The first-order chi connectivity index (χ1) is 14.9. The zero-order valence-electron chi connectivity index (χ0n) is 16.5. The third kappa shape index (κ3) is 4.28. The number of carbonyl (C=O) groups is 2. The van der Waals surface area contributed by atoms with Gasteiger partial charge in [0, 0.05) is 15.6 Å². The van der Waals surface area contributed by atoms with Gasteiger partial charge in [-0.2, -0.15) is 0 Å². The van der Waals surface area contributed by atoms with Crippen LogP contribution in [0.5, 0.6) is 0 Å². The van der Waals surface area contributed by atoms with Crippen LogP contribution in [0, 0.1) is 0 Å². The maximum absolute atomic E-state index is 13.3. The highest BCUT2D eigenvalue weighted by Crippen LogP contribution is 2.43. The minimum atomic E-state index is -1.94. The van der Waals surface area contributed by atoms with E-state index in [1.807, 2.05) is 30.3 Å². The SMILES string of the molecule is O=C(/C=C/c1ccccc1)CC1(O)C(=O)N(Cc2ccc(Cl)cc2Cl)c2ccccc21. The smallest absolute Gasteiger partial charge is 0.264 e. The van der Waals surface area contributed by atoms with Gasteiger partial charge in [0.05, 0.1) is 18.7 Å². The Morgan fingerprint density at radius 2 is 1.71 bits per heavy atom. The van der Waals surface area contributed by atoms with Crippen LogP contribution in [0.25, 0.3) is 6.08 Å². The topological polar surface area (TPSA) is 57.6 Å². The van der Waals surface area contributed by atoms with Gasteiger partial charge in [-0.15, -0.1) is 0 Å². The van der Waals surface area contributed by atoms with E-state index in [0.29, 0.717) is 26.9 Å². The van der Waals surface area contributed by atoms with Crippen molar-refractivity contribution in [3.8, 4) is 0 Å². The fourth-order valence-electron chi connectivity index (χ4n) is 3.72. The van der Waals surface area contributed by atoms with E-state index in [1.54, 1.807) is 48.5 Å². The van der Waals surface area contributed by atoms with E-state index in [0.717, 1.165) is 5.56 Å². The Hall–Kier alpha value is -2.92. The summed E-state index contributed by atoms with van der Waals surface area (Å²) in [6.07, 6.45) is 2.71. The summed E-state index contributed by atoms with van der Waals surface area (Å²) in [6.45, 7) is 0.155. The normalized spacial score (nSPS) is 17.9. The van der Waals surface area contributed by atoms with Crippen molar-refractivity contribution in [3.63, 3.8) is 0 Å². The summed E-state index contributed by atoms with van der Waals surface area (Å²) in [5, 5.41) is 12.3. The van der Waals surface area contributed by atoms with Crippen molar-refractivity contribution in [2.45, 2.75) is 18.6 Å². The summed E-state index contributed by atoms with van der Waals surface area (Å²) in [5.74, 6) is -0.901. The molecule has 3 aromatic carbocycles. The summed E-state index contributed by atoms with van der Waals surface area (Å²) >= 11 is 12.3. The van der Waals surface area contributed by atoms with Gasteiger partial charge in [-0.1, -0.05) is 83.9 Å². The molecule has 1 aliphatic rings. The molecular weight excluding hydrogens is 433 g/mol. The number of hydrogen-bond acceptors (Lipinski definition) is 3. The number of carbonyl (C=O) groups excluding carboxylic acids is 2. The second-order valence-electron chi connectivity index (χ2n) is 7.39. The lowest BCUT2D eigenvalue weighted by Crippen LogP contribution is -2.41. The number of anilines is 1. The highest BCUT2D eigenvalue weighted by atomic mass is 35.5. The van der Waals surface area contributed by atoms with Gasteiger partial charge in [0.25, 0.3) is 5.91 Å². The van der Waals surface area contributed by atoms with Gasteiger partial charge in [0.15, 0.2) is 11.4 Å². The highest BCUT2D eigenvalue weighted by molar-refractivity contribution is 6.35. The Bertz CT molecular complexity index is 1180. The summed E-state index contributed by atoms with van der Waals surface area (Å²) < 4.78 is 0. The lowest BCUT2D eigenvalue weighted by atomic mass is 9.89. The molecule has 0 saturated heterocycles. The molecule has 1 aliphatic heterocycles. The molecule has 156 valence electrons. The van der Waals surface area contributed by atoms with Crippen LogP contribution in [0.15, 0.2) is 78.9 Å². The van der Waals surface area contributed by atoms with Crippen molar-refractivity contribution in [2.24, 2.45) is 0 Å². The highest BCUT2D eigenvalue weighted by Gasteiger charge is 2.50. The fourth-order valence-corrected chi connectivity index (χ4v) is 4.19. The number of nitrogens with zero attached hydrogens (tertiary/aromatic N) is 1. The Morgan fingerprint density at radius 1 is 1.00 bits per heavy atom. The largest absolute Gasteiger partial charge is 0.375 e. The van der Waals surface area contributed by atoms with E-state index in [-0.39, 0.29) is 18.7 Å². The van der Waals surface area contributed by atoms with Crippen molar-refractivity contribution in [3.05, 3.63) is 106 Å². The van der Waals surface area contributed by atoms with Gasteiger partial charge < -0.3 is 10.0 Å². The number of fused-ring (bicyclic) bond motifs is 1. The van der Waals surface area contributed by atoms with E-state index < -0.39 is 11.5 Å². The van der Waals surface area contributed by atoms with Crippen LogP contribution in [0.4, 0.5) is 5.69 Å². The summed E-state index contributed by atoms with van der Waals surface area (Å²) in [6, 6.07) is 21.3. The average molecular weight is 452 g/mol. The Balaban J connectivity index is 1.61. The van der Waals surface area contributed by atoms with Gasteiger partial charge in [-0.3, -0.25) is 9.59 Å². The minimum absolute atomic E-state index is 0.155. The molecule has 0 bridgehead atoms. The van der Waals surface area contributed by atoms with Crippen LogP contribution in [-0.2, 0) is 21.7 Å². The van der Waals surface area contributed by atoms with Crippen LogP contribution < -0.4 is 4.90 Å². The predicted octanol–water partition coefficient (Wildman–Crippen LogP) is 5.40. The third-order valence-electron chi connectivity index (χ3n) is 5.27. The second kappa shape index (κ2) is 8.67. The van der Waals surface area contributed by atoms with Gasteiger partial charge in [0.1, 0.15) is 0 Å². The molecule has 1 unspecified atom stereocenters. The van der Waals surface area contributed by atoms with Crippen molar-refractivity contribution >= 4 is 46.7 Å². The quantitative estimate of drug-likeness (QED) is 0.510. The van der Waals surface area contributed by atoms with Crippen LogP contribution in [0.1, 0.15) is 23.1 Å². The summed E-state index contributed by atoms with van der Waals surface area (Å²) in [7, 11) is 0. The number of rotatable bonds is 6. The van der Waals surface area contributed by atoms with E-state index in [4.69, 9.17) is 23.2 Å². The molecule has 4 nitrogen and oxygen atoms in total. The minimum Gasteiger partial charge on any atom is -0.375 e. The van der Waals surface area contributed by atoms with E-state index in [9.17, 15) is 14.7 Å². The van der Waals surface area contributed by atoms with E-state index in [2.05, 4.69) is 0 Å². The third-order valence-corrected chi connectivity index (χ3v) is 5.86. The van der Waals surface area contributed by atoms with Crippen LogP contribution in [0.3, 0.4) is 0 Å². The number of para-hydroxylation sites is 1. The summed E-state index contributed by atoms with van der Waals surface area (Å²) in [5.41, 5.74) is 0.578. The number of benzene rings is 3. The van der Waals surface area contributed by atoms with Gasteiger partial charge in [0.2, 0.25) is 0 Å². The number of ketones is 1. The fraction of sp³-hybridized carbons (Fsp3) is 0.120. The van der Waals surface area contributed by atoms with Crippen LogP contribution in [-0.4, -0.2) is 16.8 Å². The Labute approximate surface area is 190 Å². The average Bonchev–Trinajstić information content (AvgIpc) is 2.97. The zero-order valence-corrected chi connectivity index (χ0v) is 18.0. The Kier molecular flexibility index (Phi) is 5.96. The molecule has 0 aromatic heterocycles. The first-order valence-corrected chi connectivity index (χ1v) is 10.5. The molecule has 6 heteroatoms. The van der Waals surface area contributed by atoms with Crippen LogP contribution in [0.2, 0.25) is 10.0 Å². The van der Waals surface area contributed by atoms with Crippen LogP contribution >= 0.6 is 23.2 Å². The molecule has 0 fully saturated rings. The molecule has 1 atom stereocenters. The monoisotopic (exact) mass is 451 g/mol. The van der Waals surface area contributed by atoms with E-state index >= 15 is 0 Å².